The van der Waals surface area contributed by atoms with Crippen LogP contribution in [0.3, 0.4) is 0 Å². The molecule has 6 heteroatoms. The number of nitrogens with one attached hydrogen (secondary N) is 2. The van der Waals surface area contributed by atoms with Crippen LogP contribution in [0.2, 0.25) is 0 Å². The maximum Gasteiger partial charge on any atom is 0.319 e. The highest BCUT2D eigenvalue weighted by molar-refractivity contribution is 5.90. The number of aryl methyl sites for hydroxylation is 1. The molecule has 25 heavy (non-hydrogen) atoms. The first-order valence-corrected chi connectivity index (χ1v) is 8.50. The van der Waals surface area contributed by atoms with Gasteiger partial charge < -0.3 is 24.9 Å². The van der Waals surface area contributed by atoms with Crippen molar-refractivity contribution >= 4 is 11.7 Å². The molecule has 0 aliphatic heterocycles. The molecular formula is C19H24N2O4. The topological polar surface area (TPSA) is 83.7 Å². The molecular weight excluding hydrogens is 320 g/mol. The minimum atomic E-state index is -1.28. The highest BCUT2D eigenvalue weighted by Crippen LogP contribution is 2.31. The number of anilines is 1. The molecule has 1 saturated carbocycles. The Kier molecular flexibility index (Phi) is 4.99. The van der Waals surface area contributed by atoms with Gasteiger partial charge >= 0.3 is 6.03 Å². The Morgan fingerprint density at radius 2 is 2.08 bits per heavy atom. The molecule has 0 spiro atoms. The second-order valence-electron chi connectivity index (χ2n) is 6.74. The average molecular weight is 344 g/mol. The van der Waals surface area contributed by atoms with E-state index in [4.69, 9.17) is 9.15 Å². The van der Waals surface area contributed by atoms with Crippen molar-refractivity contribution in [2.45, 2.75) is 32.3 Å². The first kappa shape index (κ1) is 17.4. The van der Waals surface area contributed by atoms with E-state index in [2.05, 4.69) is 10.6 Å². The summed E-state index contributed by atoms with van der Waals surface area (Å²) in [6, 6.07) is 10.4. The molecule has 0 bridgehead atoms. The molecule has 1 aliphatic rings. The van der Waals surface area contributed by atoms with Crippen molar-refractivity contribution in [3.8, 4) is 5.75 Å². The van der Waals surface area contributed by atoms with E-state index in [0.29, 0.717) is 35.5 Å². The van der Waals surface area contributed by atoms with Crippen molar-refractivity contribution in [2.75, 3.05) is 18.5 Å². The van der Waals surface area contributed by atoms with Crippen molar-refractivity contribution in [3.63, 3.8) is 0 Å². The number of hydrogen-bond donors (Lipinski definition) is 3. The van der Waals surface area contributed by atoms with Crippen LogP contribution in [0.15, 0.2) is 40.8 Å². The lowest BCUT2D eigenvalue weighted by molar-refractivity contribution is 0.0364. The van der Waals surface area contributed by atoms with Crippen molar-refractivity contribution in [1.82, 2.24) is 5.32 Å². The summed E-state index contributed by atoms with van der Waals surface area (Å²) in [6.07, 6.45) is 2.41. The number of rotatable bonds is 7. The fourth-order valence-electron chi connectivity index (χ4n) is 2.42. The third-order valence-corrected chi connectivity index (χ3v) is 4.17. The van der Waals surface area contributed by atoms with E-state index >= 15 is 0 Å². The van der Waals surface area contributed by atoms with Gasteiger partial charge in [-0.05, 0) is 56.9 Å². The van der Waals surface area contributed by atoms with Gasteiger partial charge in [0.2, 0.25) is 0 Å². The van der Waals surface area contributed by atoms with E-state index in [1.165, 1.54) is 12.8 Å². The number of hydrogen-bond acceptors (Lipinski definition) is 4. The third-order valence-electron chi connectivity index (χ3n) is 4.17. The van der Waals surface area contributed by atoms with E-state index in [1.807, 2.05) is 18.2 Å². The molecule has 2 aromatic rings. The molecule has 134 valence electrons. The van der Waals surface area contributed by atoms with E-state index in [9.17, 15) is 9.90 Å². The molecule has 0 saturated heterocycles. The Bertz CT molecular complexity index is 735. The minimum absolute atomic E-state index is 0.0247. The molecule has 1 aromatic heterocycles. The Hall–Kier alpha value is -2.47. The summed E-state index contributed by atoms with van der Waals surface area (Å²) in [5.74, 6) is 2.41. The average Bonchev–Trinajstić information content (AvgIpc) is 3.31. The van der Waals surface area contributed by atoms with Gasteiger partial charge in [0.15, 0.2) is 0 Å². The molecule has 1 heterocycles. The Balaban J connectivity index is 1.55. The van der Waals surface area contributed by atoms with Crippen molar-refractivity contribution in [3.05, 3.63) is 47.9 Å². The molecule has 1 fully saturated rings. The molecule has 3 N–H and O–H groups in total. The number of benzene rings is 1. The maximum absolute atomic E-state index is 12.2. The summed E-state index contributed by atoms with van der Waals surface area (Å²) in [4.78, 5) is 12.2. The lowest BCUT2D eigenvalue weighted by Crippen LogP contribution is -2.40. The van der Waals surface area contributed by atoms with Crippen LogP contribution in [0.5, 0.6) is 5.75 Å². The fraction of sp³-hybridized carbons (Fsp3) is 0.421. The highest BCUT2D eigenvalue weighted by atomic mass is 16.5. The summed E-state index contributed by atoms with van der Waals surface area (Å²) >= 11 is 0. The third kappa shape index (κ3) is 4.76. The predicted octanol–water partition coefficient (Wildman–Crippen LogP) is 3.41. The van der Waals surface area contributed by atoms with E-state index < -0.39 is 11.6 Å². The van der Waals surface area contributed by atoms with Crippen LogP contribution in [-0.2, 0) is 5.60 Å². The molecule has 6 nitrogen and oxygen atoms in total. The van der Waals surface area contributed by atoms with E-state index in [0.717, 1.165) is 0 Å². The largest absolute Gasteiger partial charge is 0.491 e. The maximum atomic E-state index is 12.2. The van der Waals surface area contributed by atoms with Crippen LogP contribution in [0.25, 0.3) is 0 Å². The molecule has 0 radical (unpaired) electrons. The quantitative estimate of drug-likeness (QED) is 0.719. The van der Waals surface area contributed by atoms with Crippen LogP contribution < -0.4 is 15.4 Å². The van der Waals surface area contributed by atoms with Crippen LogP contribution in [0.1, 0.15) is 31.3 Å². The summed E-state index contributed by atoms with van der Waals surface area (Å²) < 4.78 is 11.2. The number of para-hydroxylation sites is 2. The number of amides is 2. The van der Waals surface area contributed by atoms with Crippen LogP contribution in [0, 0.1) is 12.8 Å². The van der Waals surface area contributed by atoms with Gasteiger partial charge in [-0.3, -0.25) is 0 Å². The Morgan fingerprint density at radius 3 is 2.76 bits per heavy atom. The van der Waals surface area contributed by atoms with Crippen molar-refractivity contribution in [2.24, 2.45) is 5.92 Å². The van der Waals surface area contributed by atoms with Crippen molar-refractivity contribution < 1.29 is 19.1 Å². The molecule has 1 aliphatic carbocycles. The fourth-order valence-corrected chi connectivity index (χ4v) is 2.42. The zero-order chi connectivity index (χ0) is 17.9. The first-order valence-electron chi connectivity index (χ1n) is 8.50. The zero-order valence-electron chi connectivity index (χ0n) is 14.5. The van der Waals surface area contributed by atoms with E-state index in [1.54, 1.807) is 32.0 Å². The number of furan rings is 1. The lowest BCUT2D eigenvalue weighted by atomic mass is 10.0. The van der Waals surface area contributed by atoms with Gasteiger partial charge in [-0.2, -0.15) is 0 Å². The second kappa shape index (κ2) is 7.19. The monoisotopic (exact) mass is 344 g/mol. The zero-order valence-corrected chi connectivity index (χ0v) is 14.5. The number of aliphatic hydroxyl groups is 1. The van der Waals surface area contributed by atoms with Gasteiger partial charge in [-0.25, -0.2) is 4.79 Å². The normalized spacial score (nSPS) is 16.1. The Labute approximate surface area is 147 Å². The molecule has 1 unspecified atom stereocenters. The van der Waals surface area contributed by atoms with Gasteiger partial charge in [0.1, 0.15) is 22.9 Å². The number of carbonyl (C=O) groups is 1. The van der Waals surface area contributed by atoms with Crippen LogP contribution in [0.4, 0.5) is 10.5 Å². The summed E-state index contributed by atoms with van der Waals surface area (Å²) in [6.45, 7) is 4.10. The number of ether oxygens (including phenoxy) is 1. The van der Waals surface area contributed by atoms with Crippen LogP contribution >= 0.6 is 0 Å². The number of carbonyl (C=O) groups excluding carboxylic acids is 1. The smallest absolute Gasteiger partial charge is 0.319 e. The molecule has 3 rings (SSSR count). The SMILES string of the molecule is Cc1ccc(C(C)(O)CNC(=O)Nc2ccccc2OCC2CC2)o1. The highest BCUT2D eigenvalue weighted by Gasteiger charge is 2.27. The van der Waals surface area contributed by atoms with Gasteiger partial charge in [-0.1, -0.05) is 12.1 Å². The standard InChI is InChI=1S/C19H24N2O4/c1-13-7-10-17(25-13)19(2,23)12-20-18(22)21-15-5-3-4-6-16(15)24-11-14-8-9-14/h3-7,10,14,23H,8-9,11-12H2,1-2H3,(H2,20,21,22). The van der Waals surface area contributed by atoms with Crippen molar-refractivity contribution in [1.29, 1.82) is 0 Å². The van der Waals surface area contributed by atoms with E-state index in [-0.39, 0.29) is 6.54 Å². The van der Waals surface area contributed by atoms with Crippen LogP contribution in [-0.4, -0.2) is 24.3 Å². The van der Waals surface area contributed by atoms with Gasteiger partial charge in [0.05, 0.1) is 18.8 Å². The Morgan fingerprint density at radius 1 is 1.32 bits per heavy atom. The lowest BCUT2D eigenvalue weighted by Gasteiger charge is -2.21. The van der Waals surface area contributed by atoms with Gasteiger partial charge in [0.25, 0.3) is 0 Å². The van der Waals surface area contributed by atoms with Gasteiger partial charge in [0, 0.05) is 0 Å². The summed E-state index contributed by atoms with van der Waals surface area (Å²) in [5.41, 5.74) is -0.678. The number of urea groups is 1. The first-order chi connectivity index (χ1) is 11.9. The molecule has 1 atom stereocenters. The summed E-state index contributed by atoms with van der Waals surface area (Å²) in [7, 11) is 0. The predicted molar refractivity (Wildman–Crippen MR) is 94.7 cm³/mol. The minimum Gasteiger partial charge on any atom is -0.491 e. The molecule has 1 aromatic carbocycles. The molecule has 2 amide bonds. The summed E-state index contributed by atoms with van der Waals surface area (Å²) in [5, 5.41) is 15.9. The van der Waals surface area contributed by atoms with Gasteiger partial charge in [-0.15, -0.1) is 0 Å². The second-order valence-corrected chi connectivity index (χ2v) is 6.74.